The van der Waals surface area contributed by atoms with E-state index in [0.717, 1.165) is 11.1 Å². The number of H-pyrrole nitrogens is 1. The van der Waals surface area contributed by atoms with Crippen LogP contribution in [0.3, 0.4) is 0 Å². The van der Waals surface area contributed by atoms with Gasteiger partial charge in [0.2, 0.25) is 12.7 Å². The quantitative estimate of drug-likeness (QED) is 0.739. The normalized spacial score (nSPS) is 12.8. The summed E-state index contributed by atoms with van der Waals surface area (Å²) in [4.78, 5) is 0. The van der Waals surface area contributed by atoms with Crippen LogP contribution < -0.4 is 15.2 Å². The van der Waals surface area contributed by atoms with Crippen molar-refractivity contribution in [3.05, 3.63) is 30.6 Å². The summed E-state index contributed by atoms with van der Waals surface area (Å²) in [5, 5.41) is 10.6. The molecule has 1 aliphatic rings. The van der Waals surface area contributed by atoms with Gasteiger partial charge in [0.1, 0.15) is 5.69 Å². The smallest absolute Gasteiger partial charge is 0.231 e. The van der Waals surface area contributed by atoms with E-state index >= 15 is 0 Å². The molecule has 0 bridgehead atoms. The van der Waals surface area contributed by atoms with Crippen LogP contribution in [0.25, 0.3) is 22.4 Å². The minimum absolute atomic E-state index is 0.229. The first-order valence-electron chi connectivity index (χ1n) is 5.97. The average molecular weight is 270 g/mol. The summed E-state index contributed by atoms with van der Waals surface area (Å²) in [7, 11) is 0. The van der Waals surface area contributed by atoms with Crippen LogP contribution in [-0.4, -0.2) is 22.1 Å². The van der Waals surface area contributed by atoms with Crippen molar-refractivity contribution < 1.29 is 14.0 Å². The highest BCUT2D eigenvalue weighted by atomic mass is 16.7. The molecule has 7 nitrogen and oxygen atoms in total. The standard InChI is InChI=1S/C13H10N4O3/c14-13-11(12(17-20-13)8-4-15-16-5-8)7-1-2-9-10(3-7)19-6-18-9/h1-5H,6,14H2,(H,15,16). The summed E-state index contributed by atoms with van der Waals surface area (Å²) >= 11 is 0. The molecule has 0 aliphatic carbocycles. The van der Waals surface area contributed by atoms with Gasteiger partial charge in [-0.25, -0.2) is 0 Å². The molecule has 7 heteroatoms. The van der Waals surface area contributed by atoms with E-state index in [2.05, 4.69) is 15.4 Å². The van der Waals surface area contributed by atoms with Gasteiger partial charge in [-0.05, 0) is 17.7 Å². The molecule has 3 N–H and O–H groups in total. The molecule has 1 aliphatic heterocycles. The highest BCUT2D eigenvalue weighted by Crippen LogP contribution is 2.41. The molecule has 0 unspecified atom stereocenters. The Morgan fingerprint density at radius 3 is 2.90 bits per heavy atom. The van der Waals surface area contributed by atoms with Crippen molar-refractivity contribution >= 4 is 5.88 Å². The Kier molecular flexibility index (Phi) is 2.19. The Hall–Kier alpha value is -2.96. The van der Waals surface area contributed by atoms with Gasteiger partial charge in [0, 0.05) is 11.8 Å². The highest BCUT2D eigenvalue weighted by Gasteiger charge is 2.21. The zero-order chi connectivity index (χ0) is 13.5. The zero-order valence-electron chi connectivity index (χ0n) is 10.3. The van der Waals surface area contributed by atoms with Crippen LogP contribution in [0.4, 0.5) is 5.88 Å². The predicted octanol–water partition coefficient (Wildman–Crippen LogP) is 2.04. The molecular formula is C13H10N4O3. The Labute approximate surface area is 113 Å². The van der Waals surface area contributed by atoms with Crippen molar-refractivity contribution in [1.29, 1.82) is 0 Å². The van der Waals surface area contributed by atoms with Gasteiger partial charge in [0.15, 0.2) is 11.5 Å². The van der Waals surface area contributed by atoms with Gasteiger partial charge < -0.3 is 19.7 Å². The number of aromatic amines is 1. The third-order valence-corrected chi connectivity index (χ3v) is 3.15. The lowest BCUT2D eigenvalue weighted by Crippen LogP contribution is -1.92. The molecule has 3 aromatic rings. The number of fused-ring (bicyclic) bond motifs is 1. The number of nitrogens with one attached hydrogen (secondary N) is 1. The van der Waals surface area contributed by atoms with Crippen molar-refractivity contribution in [3.8, 4) is 33.9 Å². The second kappa shape index (κ2) is 4.02. The molecule has 0 radical (unpaired) electrons. The maximum absolute atomic E-state index is 5.89. The van der Waals surface area contributed by atoms with E-state index in [1.165, 1.54) is 0 Å². The molecule has 0 atom stereocenters. The summed E-state index contributed by atoms with van der Waals surface area (Å²) in [6, 6.07) is 5.58. The second-order valence-corrected chi connectivity index (χ2v) is 4.33. The average Bonchev–Trinajstić information content (AvgIpc) is 3.17. The van der Waals surface area contributed by atoms with E-state index in [1.54, 1.807) is 12.4 Å². The number of ether oxygens (including phenoxy) is 2. The van der Waals surface area contributed by atoms with E-state index in [4.69, 9.17) is 19.7 Å². The molecule has 4 rings (SSSR count). The Morgan fingerprint density at radius 1 is 1.15 bits per heavy atom. The maximum atomic E-state index is 5.89. The molecule has 0 fully saturated rings. The van der Waals surface area contributed by atoms with Gasteiger partial charge in [0.05, 0.1) is 11.8 Å². The zero-order valence-corrected chi connectivity index (χ0v) is 10.3. The molecule has 0 saturated carbocycles. The van der Waals surface area contributed by atoms with Crippen LogP contribution in [0, 0.1) is 0 Å². The molecule has 0 saturated heterocycles. The van der Waals surface area contributed by atoms with E-state index < -0.39 is 0 Å². The fraction of sp³-hybridized carbons (Fsp3) is 0.0769. The van der Waals surface area contributed by atoms with E-state index in [0.29, 0.717) is 22.8 Å². The molecule has 3 heterocycles. The van der Waals surface area contributed by atoms with Gasteiger partial charge in [0.25, 0.3) is 0 Å². The maximum Gasteiger partial charge on any atom is 0.231 e. The fourth-order valence-corrected chi connectivity index (χ4v) is 2.21. The van der Waals surface area contributed by atoms with Gasteiger partial charge in [-0.3, -0.25) is 5.10 Å². The summed E-state index contributed by atoms with van der Waals surface area (Å²) < 4.78 is 15.8. The Morgan fingerprint density at radius 2 is 2.05 bits per heavy atom. The molecule has 0 amide bonds. The minimum atomic E-state index is 0.229. The Bertz CT molecular complexity index is 764. The minimum Gasteiger partial charge on any atom is -0.454 e. The SMILES string of the molecule is Nc1onc(-c2cn[nH]c2)c1-c1ccc2c(c1)OCO2. The number of nitrogen functional groups attached to an aromatic ring is 1. The number of nitrogens with zero attached hydrogens (tertiary/aromatic N) is 2. The van der Waals surface area contributed by atoms with Crippen molar-refractivity contribution in [2.45, 2.75) is 0 Å². The Balaban J connectivity index is 1.88. The number of anilines is 1. The van der Waals surface area contributed by atoms with Crippen molar-refractivity contribution in [1.82, 2.24) is 15.4 Å². The van der Waals surface area contributed by atoms with Gasteiger partial charge in [-0.1, -0.05) is 11.2 Å². The number of hydrogen-bond acceptors (Lipinski definition) is 6. The number of benzene rings is 1. The fourth-order valence-electron chi connectivity index (χ4n) is 2.21. The lowest BCUT2D eigenvalue weighted by atomic mass is 10.0. The third kappa shape index (κ3) is 1.53. The number of rotatable bonds is 2. The first-order valence-corrected chi connectivity index (χ1v) is 5.97. The first kappa shape index (κ1) is 10.9. The molecule has 1 aromatic carbocycles. The van der Waals surface area contributed by atoms with Crippen LogP contribution in [0.15, 0.2) is 35.1 Å². The summed E-state index contributed by atoms with van der Waals surface area (Å²) in [6.45, 7) is 0.229. The molecule has 0 spiro atoms. The summed E-state index contributed by atoms with van der Waals surface area (Å²) in [5.41, 5.74) is 8.89. The lowest BCUT2D eigenvalue weighted by Gasteiger charge is -2.03. The molecular weight excluding hydrogens is 260 g/mol. The summed E-state index contributed by atoms with van der Waals surface area (Å²) in [6.07, 6.45) is 3.39. The van der Waals surface area contributed by atoms with Crippen LogP contribution in [0.2, 0.25) is 0 Å². The second-order valence-electron chi connectivity index (χ2n) is 4.33. The van der Waals surface area contributed by atoms with Gasteiger partial charge >= 0.3 is 0 Å². The first-order chi connectivity index (χ1) is 9.83. The summed E-state index contributed by atoms with van der Waals surface area (Å²) in [5.74, 6) is 1.65. The monoisotopic (exact) mass is 270 g/mol. The number of aromatic nitrogens is 3. The van der Waals surface area contributed by atoms with Crippen LogP contribution >= 0.6 is 0 Å². The number of hydrogen-bond donors (Lipinski definition) is 2. The van der Waals surface area contributed by atoms with Crippen molar-refractivity contribution in [2.75, 3.05) is 12.5 Å². The van der Waals surface area contributed by atoms with Gasteiger partial charge in [-0.2, -0.15) is 5.10 Å². The van der Waals surface area contributed by atoms with E-state index in [9.17, 15) is 0 Å². The number of nitrogens with two attached hydrogens (primary N) is 1. The highest BCUT2D eigenvalue weighted by molar-refractivity contribution is 5.87. The molecule has 2 aromatic heterocycles. The molecule has 100 valence electrons. The van der Waals surface area contributed by atoms with Crippen molar-refractivity contribution in [3.63, 3.8) is 0 Å². The van der Waals surface area contributed by atoms with Crippen LogP contribution in [0.5, 0.6) is 11.5 Å². The topological polar surface area (TPSA) is 99.2 Å². The van der Waals surface area contributed by atoms with Crippen LogP contribution in [-0.2, 0) is 0 Å². The van der Waals surface area contributed by atoms with Crippen molar-refractivity contribution in [2.24, 2.45) is 0 Å². The largest absolute Gasteiger partial charge is 0.454 e. The van der Waals surface area contributed by atoms with E-state index in [1.807, 2.05) is 18.2 Å². The van der Waals surface area contributed by atoms with E-state index in [-0.39, 0.29) is 12.7 Å². The predicted molar refractivity (Wildman–Crippen MR) is 70.1 cm³/mol. The third-order valence-electron chi connectivity index (χ3n) is 3.15. The lowest BCUT2D eigenvalue weighted by molar-refractivity contribution is 0.174. The van der Waals surface area contributed by atoms with Gasteiger partial charge in [-0.15, -0.1) is 0 Å². The van der Waals surface area contributed by atoms with Crippen LogP contribution in [0.1, 0.15) is 0 Å². The molecule has 20 heavy (non-hydrogen) atoms.